The lowest BCUT2D eigenvalue weighted by Crippen LogP contribution is -2.24. The Balaban J connectivity index is 2.51. The highest BCUT2D eigenvalue weighted by Gasteiger charge is 2.13. The molecular formula is C14H22FN2O4P. The van der Waals surface area contributed by atoms with Gasteiger partial charge in [0.05, 0.1) is 0 Å². The zero-order valence-electron chi connectivity index (χ0n) is 12.3. The first-order valence-electron chi connectivity index (χ1n) is 7.11. The number of alkyl halides is 1. The van der Waals surface area contributed by atoms with E-state index < -0.39 is 15.3 Å². The third-order valence-electron chi connectivity index (χ3n) is 3.06. The predicted octanol–water partition coefficient (Wildman–Crippen LogP) is 2.00. The third-order valence-corrected chi connectivity index (χ3v) is 3.42. The van der Waals surface area contributed by atoms with Crippen molar-refractivity contribution in [2.75, 3.05) is 13.1 Å². The molecule has 6 nitrogen and oxygen atoms in total. The fourth-order valence-corrected chi connectivity index (χ4v) is 2.28. The maximum atomic E-state index is 12.9. The van der Waals surface area contributed by atoms with Crippen molar-refractivity contribution in [3.63, 3.8) is 0 Å². The van der Waals surface area contributed by atoms with Crippen LogP contribution in [0.25, 0.3) is 0 Å². The Morgan fingerprint density at radius 1 is 1.27 bits per heavy atom. The number of carbonyl (C=O) groups is 1. The number of unbranched alkanes of at least 4 members (excludes halogenated alkanes) is 3. The number of rotatable bonds is 10. The molecule has 5 N–H and O–H groups in total. The quantitative estimate of drug-likeness (QED) is 0.387. The molecular weight excluding hydrogens is 310 g/mol. The molecule has 0 unspecified atom stereocenters. The van der Waals surface area contributed by atoms with Gasteiger partial charge in [-0.25, -0.2) is 4.39 Å². The fourth-order valence-electron chi connectivity index (χ4n) is 1.93. The molecule has 8 heteroatoms. The fraction of sp³-hybridized carbons (Fsp3) is 0.500. The average Bonchev–Trinajstić information content (AvgIpc) is 2.50. The summed E-state index contributed by atoms with van der Waals surface area (Å²) in [6, 6.07) is 4.15. The second-order valence-corrected chi connectivity index (χ2v) is 5.45. The molecule has 0 saturated carbocycles. The summed E-state index contributed by atoms with van der Waals surface area (Å²) in [5, 5.41) is 2.76. The minimum atomic E-state index is -2.62. The monoisotopic (exact) mass is 332 g/mol. The molecule has 0 spiro atoms. The van der Waals surface area contributed by atoms with Gasteiger partial charge >= 0.3 is 8.60 Å². The number of halogens is 1. The van der Waals surface area contributed by atoms with Gasteiger partial charge in [-0.05, 0) is 37.6 Å². The smallest absolute Gasteiger partial charge is 0.391 e. The van der Waals surface area contributed by atoms with Gasteiger partial charge in [-0.1, -0.05) is 12.8 Å². The van der Waals surface area contributed by atoms with Crippen LogP contribution in [0.3, 0.4) is 0 Å². The molecule has 0 aliphatic rings. The molecule has 1 rings (SSSR count). The number of amides is 1. The summed E-state index contributed by atoms with van der Waals surface area (Å²) in [6.45, 7) is 0.362. The van der Waals surface area contributed by atoms with Crippen molar-refractivity contribution in [3.8, 4) is 5.75 Å². The van der Waals surface area contributed by atoms with Gasteiger partial charge in [0.1, 0.15) is 12.4 Å². The van der Waals surface area contributed by atoms with E-state index >= 15 is 0 Å². The Hall–Kier alpha value is -1.27. The van der Waals surface area contributed by atoms with E-state index in [0.717, 1.165) is 25.7 Å². The van der Waals surface area contributed by atoms with Crippen LogP contribution in [0, 0.1) is 0 Å². The number of nitrogens with two attached hydrogens (primary N) is 1. The van der Waals surface area contributed by atoms with E-state index in [9.17, 15) is 9.18 Å². The summed E-state index contributed by atoms with van der Waals surface area (Å²) >= 11 is 0. The van der Waals surface area contributed by atoms with E-state index in [1.165, 1.54) is 18.2 Å². The van der Waals surface area contributed by atoms with Crippen molar-refractivity contribution < 1.29 is 23.5 Å². The summed E-state index contributed by atoms with van der Waals surface area (Å²) in [5.41, 5.74) is 5.81. The van der Waals surface area contributed by atoms with Crippen LogP contribution in [0.5, 0.6) is 5.75 Å². The highest BCUT2D eigenvalue weighted by molar-refractivity contribution is 7.39. The number of hydrogen-bond donors (Lipinski definition) is 4. The SMILES string of the molecule is NCCCCCCNC(=O)c1ccc(OP(O)O)c(CF)c1. The number of benzene rings is 1. The van der Waals surface area contributed by atoms with Crippen molar-refractivity contribution in [1.29, 1.82) is 0 Å². The molecule has 0 heterocycles. The Morgan fingerprint density at radius 2 is 2.00 bits per heavy atom. The highest BCUT2D eigenvalue weighted by Crippen LogP contribution is 2.32. The van der Waals surface area contributed by atoms with Crippen molar-refractivity contribution >= 4 is 14.5 Å². The Bertz CT molecular complexity index is 474. The first kappa shape index (κ1) is 18.8. The van der Waals surface area contributed by atoms with E-state index in [-0.39, 0.29) is 17.2 Å². The predicted molar refractivity (Wildman–Crippen MR) is 83.1 cm³/mol. The molecule has 1 aromatic rings. The van der Waals surface area contributed by atoms with Crippen LogP contribution >= 0.6 is 8.60 Å². The first-order chi connectivity index (χ1) is 10.6. The van der Waals surface area contributed by atoms with E-state index in [0.29, 0.717) is 18.7 Å². The van der Waals surface area contributed by atoms with Crippen LogP contribution in [-0.2, 0) is 6.67 Å². The van der Waals surface area contributed by atoms with E-state index in [1.54, 1.807) is 0 Å². The van der Waals surface area contributed by atoms with E-state index in [1.807, 2.05) is 0 Å². The molecule has 1 aromatic carbocycles. The minimum Gasteiger partial charge on any atom is -0.427 e. The molecule has 0 atom stereocenters. The molecule has 0 radical (unpaired) electrons. The minimum absolute atomic E-state index is 0.0249. The summed E-state index contributed by atoms with van der Waals surface area (Å²) < 4.78 is 17.6. The molecule has 1 amide bonds. The van der Waals surface area contributed by atoms with Crippen LogP contribution < -0.4 is 15.6 Å². The number of nitrogens with one attached hydrogen (secondary N) is 1. The second-order valence-electron chi connectivity index (χ2n) is 4.76. The second kappa shape index (κ2) is 10.5. The topological polar surface area (TPSA) is 105 Å². The molecule has 0 aliphatic carbocycles. The van der Waals surface area contributed by atoms with Gasteiger partial charge in [-0.2, -0.15) is 0 Å². The van der Waals surface area contributed by atoms with Gasteiger partial charge in [0, 0.05) is 17.7 Å². The van der Waals surface area contributed by atoms with Gasteiger partial charge < -0.3 is 25.4 Å². The van der Waals surface area contributed by atoms with Crippen molar-refractivity contribution in [1.82, 2.24) is 5.32 Å². The summed E-state index contributed by atoms with van der Waals surface area (Å²) in [4.78, 5) is 29.5. The van der Waals surface area contributed by atoms with Crippen molar-refractivity contribution in [3.05, 3.63) is 29.3 Å². The summed E-state index contributed by atoms with van der Waals surface area (Å²) in [5.74, 6) is -0.271. The highest BCUT2D eigenvalue weighted by atomic mass is 31.2. The van der Waals surface area contributed by atoms with Gasteiger partial charge in [0.25, 0.3) is 5.91 Å². The van der Waals surface area contributed by atoms with Crippen LogP contribution in [0.1, 0.15) is 41.6 Å². The number of carbonyl (C=O) groups excluding carboxylic acids is 1. The third kappa shape index (κ3) is 6.66. The standard InChI is InChI=1S/C14H22FN2O4P/c15-10-12-9-11(5-6-13(12)21-22(19)20)14(18)17-8-4-2-1-3-7-16/h5-6,9,19-20H,1-4,7-8,10,16H2,(H,17,18). The Labute approximate surface area is 130 Å². The average molecular weight is 332 g/mol. The molecule has 0 saturated heterocycles. The molecule has 0 aliphatic heterocycles. The maximum Gasteiger partial charge on any atom is 0.391 e. The van der Waals surface area contributed by atoms with Crippen molar-refractivity contribution in [2.24, 2.45) is 5.73 Å². The zero-order chi connectivity index (χ0) is 16.4. The lowest BCUT2D eigenvalue weighted by atomic mass is 10.1. The number of hydrogen-bond acceptors (Lipinski definition) is 5. The first-order valence-corrected chi connectivity index (χ1v) is 8.28. The molecule has 0 bridgehead atoms. The van der Waals surface area contributed by atoms with Crippen LogP contribution in [0.2, 0.25) is 0 Å². The largest absolute Gasteiger partial charge is 0.427 e. The Kier molecular flexibility index (Phi) is 8.92. The molecule has 22 heavy (non-hydrogen) atoms. The molecule has 0 fully saturated rings. The van der Waals surface area contributed by atoms with Crippen LogP contribution in [0.15, 0.2) is 18.2 Å². The Morgan fingerprint density at radius 3 is 2.64 bits per heavy atom. The van der Waals surface area contributed by atoms with Gasteiger partial charge in [-0.3, -0.25) is 4.79 Å². The van der Waals surface area contributed by atoms with Gasteiger partial charge in [0.2, 0.25) is 0 Å². The normalized spacial score (nSPS) is 10.8. The van der Waals surface area contributed by atoms with Crippen LogP contribution in [-0.4, -0.2) is 28.8 Å². The molecule has 124 valence electrons. The summed E-state index contributed by atoms with van der Waals surface area (Å²) in [6.07, 6.45) is 3.88. The maximum absolute atomic E-state index is 12.9. The molecule has 0 aromatic heterocycles. The van der Waals surface area contributed by atoms with Crippen molar-refractivity contribution in [2.45, 2.75) is 32.4 Å². The van der Waals surface area contributed by atoms with Crippen LogP contribution in [0.4, 0.5) is 4.39 Å². The van der Waals surface area contributed by atoms with E-state index in [4.69, 9.17) is 20.0 Å². The lowest BCUT2D eigenvalue weighted by Gasteiger charge is -2.11. The lowest BCUT2D eigenvalue weighted by molar-refractivity contribution is 0.0953. The zero-order valence-corrected chi connectivity index (χ0v) is 13.2. The van der Waals surface area contributed by atoms with E-state index in [2.05, 4.69) is 5.32 Å². The van der Waals surface area contributed by atoms with Gasteiger partial charge in [0.15, 0.2) is 0 Å². The summed E-state index contributed by atoms with van der Waals surface area (Å²) in [7, 11) is -2.62. The van der Waals surface area contributed by atoms with Gasteiger partial charge in [-0.15, -0.1) is 0 Å².